The number of carbonyl (C=O) groups excluding carboxylic acids is 1. The Balaban J connectivity index is 1.50. The fourth-order valence-corrected chi connectivity index (χ4v) is 5.15. The van der Waals surface area contributed by atoms with Crippen molar-refractivity contribution in [3.63, 3.8) is 0 Å². The van der Waals surface area contributed by atoms with Gasteiger partial charge in [0.15, 0.2) is 0 Å². The van der Waals surface area contributed by atoms with E-state index in [-0.39, 0.29) is 11.4 Å². The van der Waals surface area contributed by atoms with Gasteiger partial charge >= 0.3 is 6.03 Å². The lowest BCUT2D eigenvalue weighted by atomic mass is 9.67. The Labute approximate surface area is 180 Å². The van der Waals surface area contributed by atoms with Gasteiger partial charge in [-0.3, -0.25) is 0 Å². The molecule has 0 atom stereocenters. The molecular formula is C26H33N3O. The summed E-state index contributed by atoms with van der Waals surface area (Å²) in [5.41, 5.74) is 5.00. The molecule has 4 rings (SSSR count). The third kappa shape index (κ3) is 4.09. The zero-order valence-corrected chi connectivity index (χ0v) is 18.0. The number of hydrogen-bond acceptors (Lipinski definition) is 2. The molecular weight excluding hydrogens is 370 g/mol. The van der Waals surface area contributed by atoms with Crippen molar-refractivity contribution in [1.82, 2.24) is 15.5 Å². The molecule has 0 unspecified atom stereocenters. The van der Waals surface area contributed by atoms with Crippen molar-refractivity contribution in [2.75, 3.05) is 19.6 Å². The number of urea groups is 1. The second-order valence-corrected chi connectivity index (χ2v) is 8.65. The Bertz CT molecular complexity index is 884. The molecule has 0 spiro atoms. The van der Waals surface area contributed by atoms with Crippen LogP contribution in [0.2, 0.25) is 0 Å². The van der Waals surface area contributed by atoms with Crippen molar-refractivity contribution in [3.8, 4) is 0 Å². The van der Waals surface area contributed by atoms with Crippen LogP contribution in [-0.2, 0) is 11.8 Å². The minimum Gasteiger partial charge on any atom is -0.384 e. The molecule has 1 aliphatic heterocycles. The second-order valence-electron chi connectivity index (χ2n) is 8.65. The predicted octanol–water partition coefficient (Wildman–Crippen LogP) is 4.72. The highest BCUT2D eigenvalue weighted by atomic mass is 16.2. The maximum Gasteiger partial charge on any atom is 0.317 e. The standard InChI is InChI=1S/C26H33N3O/c1-3-21-9-7-8-12-24(21)20(2)28-19-26(22-10-5-4-6-11-22)15-13-23(14-16-26)29-18-17-27-25(29)30/h4-12,23,28H,2-3,13-19H2,1H3,(H,27,30). The highest BCUT2D eigenvalue weighted by molar-refractivity contribution is 5.76. The van der Waals surface area contributed by atoms with Crippen LogP contribution in [0.15, 0.2) is 61.2 Å². The van der Waals surface area contributed by atoms with Gasteiger partial charge in [0.25, 0.3) is 0 Å². The Hall–Kier alpha value is -2.75. The predicted molar refractivity (Wildman–Crippen MR) is 123 cm³/mol. The first-order valence-electron chi connectivity index (χ1n) is 11.2. The minimum absolute atomic E-state index is 0.0675. The lowest BCUT2D eigenvalue weighted by Gasteiger charge is -2.43. The summed E-state index contributed by atoms with van der Waals surface area (Å²) in [6.07, 6.45) is 5.23. The van der Waals surface area contributed by atoms with E-state index in [4.69, 9.17) is 0 Å². The molecule has 1 saturated carbocycles. The van der Waals surface area contributed by atoms with Crippen molar-refractivity contribution in [1.29, 1.82) is 0 Å². The number of amides is 2. The second kappa shape index (κ2) is 8.95. The summed E-state index contributed by atoms with van der Waals surface area (Å²) < 4.78 is 0. The number of carbonyl (C=O) groups is 1. The quantitative estimate of drug-likeness (QED) is 0.703. The van der Waals surface area contributed by atoms with Crippen LogP contribution < -0.4 is 10.6 Å². The fraction of sp³-hybridized carbons (Fsp3) is 0.423. The van der Waals surface area contributed by atoms with Gasteiger partial charge in [0, 0.05) is 42.4 Å². The molecule has 4 nitrogen and oxygen atoms in total. The summed E-state index contributed by atoms with van der Waals surface area (Å²) in [7, 11) is 0. The largest absolute Gasteiger partial charge is 0.384 e. The molecule has 2 aliphatic rings. The van der Waals surface area contributed by atoms with Crippen LogP contribution in [0.1, 0.15) is 49.3 Å². The summed E-state index contributed by atoms with van der Waals surface area (Å²) in [5, 5.41) is 6.64. The molecule has 2 aromatic rings. The van der Waals surface area contributed by atoms with Gasteiger partial charge in [-0.1, -0.05) is 68.1 Å². The van der Waals surface area contributed by atoms with Crippen LogP contribution in [-0.4, -0.2) is 36.6 Å². The molecule has 2 amide bonds. The van der Waals surface area contributed by atoms with E-state index in [2.05, 4.69) is 78.7 Å². The molecule has 2 N–H and O–H groups in total. The molecule has 0 aromatic heterocycles. The Kier molecular flexibility index (Phi) is 6.12. The third-order valence-corrected chi connectivity index (χ3v) is 6.99. The van der Waals surface area contributed by atoms with E-state index >= 15 is 0 Å². The Morgan fingerprint density at radius 2 is 1.83 bits per heavy atom. The number of benzene rings is 2. The topological polar surface area (TPSA) is 44.4 Å². The number of hydrogen-bond donors (Lipinski definition) is 2. The van der Waals surface area contributed by atoms with Crippen molar-refractivity contribution >= 4 is 11.7 Å². The monoisotopic (exact) mass is 403 g/mol. The van der Waals surface area contributed by atoms with Gasteiger partial charge in [0.05, 0.1) is 0 Å². The first kappa shape index (κ1) is 20.5. The van der Waals surface area contributed by atoms with Crippen molar-refractivity contribution in [3.05, 3.63) is 77.9 Å². The number of nitrogens with zero attached hydrogens (tertiary/aromatic N) is 1. The van der Waals surface area contributed by atoms with Gasteiger partial charge in [-0.05, 0) is 43.2 Å². The van der Waals surface area contributed by atoms with E-state index in [0.29, 0.717) is 6.04 Å². The molecule has 1 saturated heterocycles. The molecule has 0 bridgehead atoms. The van der Waals surface area contributed by atoms with Gasteiger partial charge < -0.3 is 15.5 Å². The molecule has 158 valence electrons. The van der Waals surface area contributed by atoms with Gasteiger partial charge in [0.1, 0.15) is 0 Å². The number of nitrogens with one attached hydrogen (secondary N) is 2. The van der Waals surface area contributed by atoms with Crippen LogP contribution in [0, 0.1) is 0 Å². The zero-order valence-electron chi connectivity index (χ0n) is 18.0. The van der Waals surface area contributed by atoms with Gasteiger partial charge in [-0.25, -0.2) is 4.79 Å². The van der Waals surface area contributed by atoms with E-state index < -0.39 is 0 Å². The first-order chi connectivity index (χ1) is 14.6. The molecule has 4 heteroatoms. The zero-order chi connectivity index (χ0) is 21.0. The van der Waals surface area contributed by atoms with Gasteiger partial charge in [-0.2, -0.15) is 0 Å². The summed E-state index contributed by atoms with van der Waals surface area (Å²) >= 11 is 0. The Morgan fingerprint density at radius 3 is 2.50 bits per heavy atom. The molecule has 1 heterocycles. The van der Waals surface area contributed by atoms with Crippen molar-refractivity contribution < 1.29 is 4.79 Å². The van der Waals surface area contributed by atoms with Crippen LogP contribution in [0.25, 0.3) is 5.70 Å². The van der Waals surface area contributed by atoms with Crippen molar-refractivity contribution in [2.45, 2.75) is 50.5 Å². The average Bonchev–Trinajstić information content (AvgIpc) is 3.24. The molecule has 1 aliphatic carbocycles. The highest BCUT2D eigenvalue weighted by Crippen LogP contribution is 2.41. The van der Waals surface area contributed by atoms with Gasteiger partial charge in [-0.15, -0.1) is 0 Å². The van der Waals surface area contributed by atoms with Crippen LogP contribution in [0.3, 0.4) is 0 Å². The fourth-order valence-electron chi connectivity index (χ4n) is 5.15. The average molecular weight is 404 g/mol. The summed E-state index contributed by atoms with van der Waals surface area (Å²) in [6, 6.07) is 19.9. The number of rotatable bonds is 7. The third-order valence-electron chi connectivity index (χ3n) is 6.99. The van der Waals surface area contributed by atoms with E-state index in [9.17, 15) is 4.79 Å². The lowest BCUT2D eigenvalue weighted by Crippen LogP contribution is -2.47. The molecule has 0 radical (unpaired) electrons. The van der Waals surface area contributed by atoms with E-state index in [1.165, 1.54) is 16.7 Å². The number of aryl methyl sites for hydroxylation is 1. The first-order valence-corrected chi connectivity index (χ1v) is 11.2. The smallest absolute Gasteiger partial charge is 0.317 e. The minimum atomic E-state index is 0.0675. The SMILES string of the molecule is C=C(NCC1(c2ccccc2)CCC(N2CCNC2=O)CC1)c1ccccc1CC. The molecule has 2 fully saturated rings. The van der Waals surface area contributed by atoms with Crippen LogP contribution in [0.4, 0.5) is 4.79 Å². The van der Waals surface area contributed by atoms with Gasteiger partial charge in [0.2, 0.25) is 0 Å². The maximum absolute atomic E-state index is 12.1. The normalized spacial score (nSPS) is 23.8. The lowest BCUT2D eigenvalue weighted by molar-refractivity contribution is 0.153. The maximum atomic E-state index is 12.1. The molecule has 30 heavy (non-hydrogen) atoms. The Morgan fingerprint density at radius 1 is 1.13 bits per heavy atom. The van der Waals surface area contributed by atoms with Crippen molar-refractivity contribution in [2.24, 2.45) is 0 Å². The summed E-state index contributed by atoms with van der Waals surface area (Å²) in [4.78, 5) is 14.2. The molecule has 2 aromatic carbocycles. The summed E-state index contributed by atoms with van der Waals surface area (Å²) in [6.45, 7) is 9.03. The highest BCUT2D eigenvalue weighted by Gasteiger charge is 2.40. The van der Waals surface area contributed by atoms with Crippen LogP contribution in [0.5, 0.6) is 0 Å². The summed E-state index contributed by atoms with van der Waals surface area (Å²) in [5.74, 6) is 0. The van der Waals surface area contributed by atoms with E-state index in [1.54, 1.807) is 0 Å². The van der Waals surface area contributed by atoms with E-state index in [0.717, 1.165) is 57.4 Å². The van der Waals surface area contributed by atoms with E-state index in [1.807, 2.05) is 4.90 Å². The van der Waals surface area contributed by atoms with Crippen LogP contribution >= 0.6 is 0 Å².